The van der Waals surface area contributed by atoms with Crippen LogP contribution < -0.4 is 10.1 Å². The Morgan fingerprint density at radius 2 is 2.00 bits per heavy atom. The van der Waals surface area contributed by atoms with Crippen molar-refractivity contribution in [2.75, 3.05) is 12.4 Å². The highest BCUT2D eigenvalue weighted by Gasteiger charge is 2.26. The highest BCUT2D eigenvalue weighted by atomic mass is 16.5. The van der Waals surface area contributed by atoms with E-state index in [1.807, 2.05) is 39.6 Å². The van der Waals surface area contributed by atoms with Crippen molar-refractivity contribution in [2.24, 2.45) is 5.92 Å². The summed E-state index contributed by atoms with van der Waals surface area (Å²) >= 11 is 0. The van der Waals surface area contributed by atoms with Crippen molar-refractivity contribution in [3.05, 3.63) is 42.9 Å². The van der Waals surface area contributed by atoms with Crippen LogP contribution in [0, 0.1) is 5.92 Å². The predicted octanol–water partition coefficient (Wildman–Crippen LogP) is 3.26. The van der Waals surface area contributed by atoms with E-state index in [1.54, 1.807) is 13.3 Å². The van der Waals surface area contributed by atoms with Gasteiger partial charge in [0, 0.05) is 30.2 Å². The first kappa shape index (κ1) is 15.2. The smallest absolute Gasteiger partial charge is 0.244 e. The van der Waals surface area contributed by atoms with Gasteiger partial charge in [-0.3, -0.25) is 0 Å². The topological polar surface area (TPSA) is 68.8 Å². The van der Waals surface area contributed by atoms with Crippen molar-refractivity contribution in [1.82, 2.24) is 24.2 Å². The number of hydrogen-bond acceptors (Lipinski definition) is 5. The second-order valence-electron chi connectivity index (χ2n) is 7.00. The van der Waals surface area contributed by atoms with E-state index in [0.29, 0.717) is 17.9 Å². The Bertz CT molecular complexity index is 1090. The maximum absolute atomic E-state index is 5.59. The van der Waals surface area contributed by atoms with Crippen molar-refractivity contribution < 1.29 is 4.74 Å². The number of pyridine rings is 1. The lowest BCUT2D eigenvalue weighted by molar-refractivity contribution is 0.307. The maximum Gasteiger partial charge on any atom is 0.244 e. The molecule has 0 aliphatic heterocycles. The molecule has 0 radical (unpaired) electrons. The van der Waals surface area contributed by atoms with Crippen molar-refractivity contribution in [3.63, 3.8) is 0 Å². The Labute approximate surface area is 150 Å². The summed E-state index contributed by atoms with van der Waals surface area (Å²) in [7, 11) is 1.65. The first-order valence-electron chi connectivity index (χ1n) is 8.85. The molecule has 1 saturated carbocycles. The molecule has 4 aromatic rings. The molecule has 1 aliphatic carbocycles. The molecule has 4 heterocycles. The molecule has 0 amide bonds. The van der Waals surface area contributed by atoms with Crippen LogP contribution in [0.4, 0.5) is 5.95 Å². The number of aromatic nitrogens is 5. The van der Waals surface area contributed by atoms with Crippen LogP contribution in [0.5, 0.6) is 5.88 Å². The van der Waals surface area contributed by atoms with Gasteiger partial charge in [-0.15, -0.1) is 5.10 Å². The minimum absolute atomic E-state index is 0.450. The molecule has 7 heteroatoms. The molecular formula is C19H20N6O. The number of methoxy groups -OCH3 is 1. The zero-order chi connectivity index (χ0) is 17.7. The number of nitrogens with zero attached hydrogens (tertiary/aromatic N) is 5. The minimum Gasteiger partial charge on any atom is -0.479 e. The van der Waals surface area contributed by atoms with Crippen LogP contribution in [-0.2, 0) is 0 Å². The van der Waals surface area contributed by atoms with Crippen LogP contribution in [0.25, 0.3) is 22.2 Å². The number of hydrogen-bond donors (Lipinski definition) is 1. The largest absolute Gasteiger partial charge is 0.479 e. The number of nitrogens with one attached hydrogen (secondary N) is 1. The van der Waals surface area contributed by atoms with Crippen LogP contribution in [0.2, 0.25) is 0 Å². The van der Waals surface area contributed by atoms with Crippen molar-refractivity contribution in [2.45, 2.75) is 25.8 Å². The lowest BCUT2D eigenvalue weighted by Gasteiger charge is -2.33. The van der Waals surface area contributed by atoms with Gasteiger partial charge in [-0.25, -0.2) is 9.03 Å². The minimum atomic E-state index is 0.450. The Balaban J connectivity index is 1.58. The Hall–Kier alpha value is -3.09. The van der Waals surface area contributed by atoms with Gasteiger partial charge in [0.1, 0.15) is 5.52 Å². The average Bonchev–Trinajstić information content (AvgIpc) is 3.25. The highest BCUT2D eigenvalue weighted by molar-refractivity contribution is 5.85. The average molecular weight is 348 g/mol. The molecule has 1 aliphatic rings. The van der Waals surface area contributed by atoms with E-state index in [4.69, 9.17) is 4.74 Å². The van der Waals surface area contributed by atoms with Crippen molar-refractivity contribution >= 4 is 17.0 Å². The van der Waals surface area contributed by atoms with Crippen LogP contribution in [0.1, 0.15) is 19.8 Å². The van der Waals surface area contributed by atoms with Gasteiger partial charge in [0.05, 0.1) is 12.6 Å². The number of fused-ring (bicyclic) bond motifs is 2. The fourth-order valence-corrected chi connectivity index (χ4v) is 3.72. The molecule has 0 saturated heterocycles. The molecule has 0 bridgehead atoms. The zero-order valence-corrected chi connectivity index (χ0v) is 14.8. The zero-order valence-electron chi connectivity index (χ0n) is 14.8. The summed E-state index contributed by atoms with van der Waals surface area (Å²) in [5, 5.41) is 12.3. The van der Waals surface area contributed by atoms with Gasteiger partial charge in [-0.1, -0.05) is 6.92 Å². The van der Waals surface area contributed by atoms with E-state index in [2.05, 4.69) is 33.5 Å². The fraction of sp³-hybridized carbons (Fsp3) is 0.316. The molecule has 0 unspecified atom stereocenters. The quantitative estimate of drug-likeness (QED) is 0.613. The molecule has 4 aromatic heterocycles. The monoisotopic (exact) mass is 348 g/mol. The van der Waals surface area contributed by atoms with Gasteiger partial charge in [-0.05, 0) is 48.6 Å². The number of rotatable bonds is 4. The Morgan fingerprint density at radius 3 is 2.81 bits per heavy atom. The number of anilines is 1. The molecule has 1 N–H and O–H groups in total. The van der Waals surface area contributed by atoms with Crippen LogP contribution in [0.15, 0.2) is 42.9 Å². The molecular weight excluding hydrogens is 328 g/mol. The van der Waals surface area contributed by atoms with Crippen molar-refractivity contribution in [3.8, 4) is 17.0 Å². The summed E-state index contributed by atoms with van der Waals surface area (Å²) in [6.45, 7) is 2.26. The third kappa shape index (κ3) is 2.39. The maximum atomic E-state index is 5.59. The molecule has 7 nitrogen and oxygen atoms in total. The summed E-state index contributed by atoms with van der Waals surface area (Å²) in [6.07, 6.45) is 8.01. The summed E-state index contributed by atoms with van der Waals surface area (Å²) in [5.74, 6) is 1.96. The van der Waals surface area contributed by atoms with Crippen molar-refractivity contribution in [1.29, 1.82) is 0 Å². The van der Waals surface area contributed by atoms with Gasteiger partial charge < -0.3 is 10.1 Å². The van der Waals surface area contributed by atoms with Gasteiger partial charge in [0.2, 0.25) is 11.8 Å². The Morgan fingerprint density at radius 1 is 1.15 bits per heavy atom. The molecule has 0 spiro atoms. The first-order valence-corrected chi connectivity index (χ1v) is 8.85. The summed E-state index contributed by atoms with van der Waals surface area (Å²) in [5.41, 5.74) is 4.02. The lowest BCUT2D eigenvalue weighted by Crippen LogP contribution is -2.34. The molecule has 5 rings (SSSR count). The molecule has 0 atom stereocenters. The van der Waals surface area contributed by atoms with Gasteiger partial charge in [0.15, 0.2) is 0 Å². The second-order valence-corrected chi connectivity index (χ2v) is 7.00. The third-order valence-corrected chi connectivity index (χ3v) is 5.09. The fourth-order valence-electron chi connectivity index (χ4n) is 3.72. The van der Waals surface area contributed by atoms with E-state index >= 15 is 0 Å². The third-order valence-electron chi connectivity index (χ3n) is 5.09. The lowest BCUT2D eigenvalue weighted by atomic mass is 9.82. The van der Waals surface area contributed by atoms with Crippen LogP contribution >= 0.6 is 0 Å². The normalized spacial score (nSPS) is 19.6. The molecule has 0 aromatic carbocycles. The second kappa shape index (κ2) is 5.72. The van der Waals surface area contributed by atoms with E-state index in [-0.39, 0.29) is 0 Å². The number of ether oxygens (including phenoxy) is 1. The van der Waals surface area contributed by atoms with E-state index < -0.39 is 0 Å². The van der Waals surface area contributed by atoms with E-state index in [9.17, 15) is 0 Å². The van der Waals surface area contributed by atoms with Crippen LogP contribution in [0.3, 0.4) is 0 Å². The first-order chi connectivity index (χ1) is 12.7. The predicted molar refractivity (Wildman–Crippen MR) is 99.5 cm³/mol. The van der Waals surface area contributed by atoms with Gasteiger partial charge in [-0.2, -0.15) is 10.1 Å². The van der Waals surface area contributed by atoms with Gasteiger partial charge in [0.25, 0.3) is 0 Å². The van der Waals surface area contributed by atoms with E-state index in [1.165, 1.54) is 0 Å². The summed E-state index contributed by atoms with van der Waals surface area (Å²) < 4.78 is 9.27. The summed E-state index contributed by atoms with van der Waals surface area (Å²) in [6, 6.07) is 8.62. The highest BCUT2D eigenvalue weighted by Crippen LogP contribution is 2.33. The SMILES string of the molecule is COc1nc(NC2CC(C)C2)nn2ccc(-c3ccn4nccc4c3)c12. The van der Waals surface area contributed by atoms with Crippen LogP contribution in [-0.4, -0.2) is 37.4 Å². The Kier molecular flexibility index (Phi) is 3.34. The molecule has 132 valence electrons. The molecule has 1 fully saturated rings. The van der Waals surface area contributed by atoms with E-state index in [0.717, 1.165) is 40.9 Å². The standard InChI is InChI=1S/C19H20N6O/c1-12-9-14(10-12)21-19-22-18(26-2)17-16(5-8-25(17)23-19)13-4-7-24-15(11-13)3-6-20-24/h3-8,11-12,14H,9-10H2,1-2H3,(H,21,23). The summed E-state index contributed by atoms with van der Waals surface area (Å²) in [4.78, 5) is 4.59. The van der Waals surface area contributed by atoms with Gasteiger partial charge >= 0.3 is 0 Å². The molecule has 26 heavy (non-hydrogen) atoms.